The summed E-state index contributed by atoms with van der Waals surface area (Å²) in [6.45, 7) is 3.73. The Balaban J connectivity index is 3.23. The van der Waals surface area contributed by atoms with Gasteiger partial charge in [0.05, 0.1) is 13.2 Å². The first-order valence-electron chi connectivity index (χ1n) is 5.84. The Labute approximate surface area is 117 Å². The van der Waals surface area contributed by atoms with E-state index < -0.39 is 11.9 Å². The fourth-order valence-electron chi connectivity index (χ4n) is 1.36. The summed E-state index contributed by atoms with van der Waals surface area (Å²) in [4.78, 5) is 23.4. The monoisotopic (exact) mass is 281 g/mol. The van der Waals surface area contributed by atoms with Crippen LogP contribution < -0.4 is 4.57 Å². The van der Waals surface area contributed by atoms with Crippen LogP contribution in [0, 0.1) is 0 Å². The molecule has 0 unspecified atom stereocenters. The van der Waals surface area contributed by atoms with E-state index in [0.29, 0.717) is 0 Å². The van der Waals surface area contributed by atoms with Gasteiger partial charge >= 0.3 is 11.9 Å². The maximum atomic E-state index is 11.9. The van der Waals surface area contributed by atoms with Crippen molar-refractivity contribution in [2.45, 2.75) is 13.8 Å². The Morgan fingerprint density at radius 1 is 1.00 bits per heavy atom. The summed E-state index contributed by atoms with van der Waals surface area (Å²) in [5, 5.41) is 0. The third-order valence-electron chi connectivity index (χ3n) is 2.12. The van der Waals surface area contributed by atoms with E-state index >= 15 is 0 Å². The molecule has 0 bridgehead atoms. The molecule has 0 amide bonds. The van der Waals surface area contributed by atoms with E-state index in [1.54, 1.807) is 44.4 Å². The lowest BCUT2D eigenvalue weighted by Crippen LogP contribution is -2.38. The lowest BCUT2D eigenvalue weighted by molar-refractivity contribution is -0.578. The number of esters is 2. The van der Waals surface area contributed by atoms with E-state index in [0.717, 1.165) is 0 Å². The second-order valence-corrected chi connectivity index (χ2v) is 3.81. The van der Waals surface area contributed by atoms with Crippen LogP contribution in [0.2, 0.25) is 0 Å². The van der Waals surface area contributed by atoms with Crippen molar-refractivity contribution in [3.8, 4) is 0 Å². The molecule has 1 heterocycles. The van der Waals surface area contributed by atoms with Gasteiger partial charge in [0.1, 0.15) is 0 Å². The predicted molar refractivity (Wildman–Crippen MR) is 70.5 cm³/mol. The Kier molecular flexibility index (Phi) is 5.95. The fourth-order valence-corrected chi connectivity index (χ4v) is 1.60. The number of pyridine rings is 1. The molecule has 6 heteroatoms. The average Bonchev–Trinajstić information content (AvgIpc) is 2.40. The van der Waals surface area contributed by atoms with Crippen LogP contribution in [0.3, 0.4) is 0 Å². The minimum atomic E-state index is -0.711. The molecule has 0 aliphatic heterocycles. The summed E-state index contributed by atoms with van der Waals surface area (Å²) in [5.74, 6) is -1.37. The topological polar surface area (TPSA) is 56.5 Å². The molecule has 0 N–H and O–H groups in total. The highest BCUT2D eigenvalue weighted by molar-refractivity contribution is 7.65. The predicted octanol–water partition coefficient (Wildman–Crippen LogP) is 0.816. The Morgan fingerprint density at radius 3 is 2.05 bits per heavy atom. The number of carbonyl (C=O) groups is 2. The fraction of sp³-hybridized carbons (Fsp3) is 0.308. The van der Waals surface area contributed by atoms with Crippen molar-refractivity contribution in [1.29, 1.82) is 0 Å². The van der Waals surface area contributed by atoms with Gasteiger partial charge in [0.15, 0.2) is 12.4 Å². The molecule has 0 fully saturated rings. The number of nitrogens with zero attached hydrogens (tertiary/aromatic N) is 1. The Morgan fingerprint density at radius 2 is 1.53 bits per heavy atom. The van der Waals surface area contributed by atoms with Crippen LogP contribution in [0.4, 0.5) is 0 Å². The van der Waals surface area contributed by atoms with Gasteiger partial charge in [-0.25, -0.2) is 9.59 Å². The second kappa shape index (κ2) is 7.48. The SMILES string of the molecule is CCOC(=O)/C([S-])=C(\C(=O)OCC)[n+]1ccccc1. The molecule has 19 heavy (non-hydrogen) atoms. The molecule has 0 aliphatic rings. The Hall–Kier alpha value is -1.95. The molecule has 0 radical (unpaired) electrons. The van der Waals surface area contributed by atoms with E-state index in [-0.39, 0.29) is 23.8 Å². The van der Waals surface area contributed by atoms with E-state index in [1.165, 1.54) is 4.57 Å². The zero-order chi connectivity index (χ0) is 14.3. The number of aromatic nitrogens is 1. The van der Waals surface area contributed by atoms with Gasteiger partial charge in [0.2, 0.25) is 0 Å². The minimum Gasteiger partial charge on any atom is -0.766 e. The molecule has 0 aromatic carbocycles. The normalized spacial score (nSPS) is 11.5. The quantitative estimate of drug-likeness (QED) is 0.346. The van der Waals surface area contributed by atoms with Gasteiger partial charge in [-0.2, -0.15) is 4.57 Å². The molecule has 0 atom stereocenters. The van der Waals surface area contributed by atoms with Crippen molar-refractivity contribution in [3.63, 3.8) is 0 Å². The third-order valence-corrected chi connectivity index (χ3v) is 2.48. The van der Waals surface area contributed by atoms with E-state index in [9.17, 15) is 9.59 Å². The summed E-state index contributed by atoms with van der Waals surface area (Å²) < 4.78 is 11.2. The molecule has 5 nitrogen and oxygen atoms in total. The summed E-state index contributed by atoms with van der Waals surface area (Å²) >= 11 is 5.00. The van der Waals surface area contributed by atoms with Crippen LogP contribution in [0.15, 0.2) is 35.5 Å². The van der Waals surface area contributed by atoms with Gasteiger partial charge in [-0.3, -0.25) is 0 Å². The number of rotatable bonds is 5. The molecular weight excluding hydrogens is 266 g/mol. The highest BCUT2D eigenvalue weighted by Crippen LogP contribution is 2.07. The number of carbonyl (C=O) groups excluding carboxylic acids is 2. The summed E-state index contributed by atoms with van der Waals surface area (Å²) in [6, 6.07) is 5.21. The smallest absolute Gasteiger partial charge is 0.402 e. The van der Waals surface area contributed by atoms with Gasteiger partial charge < -0.3 is 22.1 Å². The zero-order valence-electron chi connectivity index (χ0n) is 10.8. The molecule has 1 aromatic heterocycles. The van der Waals surface area contributed by atoms with Crippen molar-refractivity contribution in [3.05, 3.63) is 35.5 Å². The van der Waals surface area contributed by atoms with Crippen molar-refractivity contribution in [2.75, 3.05) is 13.2 Å². The maximum absolute atomic E-state index is 11.9. The first kappa shape index (κ1) is 15.1. The van der Waals surface area contributed by atoms with Crippen LogP contribution in [0.25, 0.3) is 5.70 Å². The molecule has 0 spiro atoms. The molecule has 1 rings (SSSR count). The lowest BCUT2D eigenvalue weighted by atomic mass is 10.3. The maximum Gasteiger partial charge on any atom is 0.402 e. The van der Waals surface area contributed by atoms with Gasteiger partial charge in [-0.1, -0.05) is 6.07 Å². The average molecular weight is 281 g/mol. The standard InChI is InChI=1S/C13H15NO4S/c1-3-17-12(15)10(11(19)13(16)18-4-2)14-8-6-5-7-9-14/h5-9H,3-4H2,1-2H3. The first-order valence-corrected chi connectivity index (χ1v) is 6.24. The second-order valence-electron chi connectivity index (χ2n) is 3.40. The van der Waals surface area contributed by atoms with Crippen molar-refractivity contribution in [2.24, 2.45) is 0 Å². The van der Waals surface area contributed by atoms with Crippen LogP contribution in [-0.4, -0.2) is 25.2 Å². The molecule has 0 saturated carbocycles. The summed E-state index contributed by atoms with van der Waals surface area (Å²) in [5.41, 5.74) is -0.0177. The molecule has 0 aliphatic carbocycles. The van der Waals surface area contributed by atoms with E-state index in [2.05, 4.69) is 0 Å². The summed E-state index contributed by atoms with van der Waals surface area (Å²) in [7, 11) is 0. The largest absolute Gasteiger partial charge is 0.766 e. The van der Waals surface area contributed by atoms with Crippen molar-refractivity contribution < 1.29 is 23.6 Å². The van der Waals surface area contributed by atoms with Crippen LogP contribution in [0.5, 0.6) is 0 Å². The third kappa shape index (κ3) is 4.03. The van der Waals surface area contributed by atoms with Gasteiger partial charge in [-0.15, -0.1) is 0 Å². The van der Waals surface area contributed by atoms with E-state index in [1.807, 2.05) is 0 Å². The van der Waals surface area contributed by atoms with Crippen LogP contribution in [-0.2, 0) is 31.7 Å². The summed E-state index contributed by atoms with van der Waals surface area (Å²) in [6.07, 6.45) is 3.22. The van der Waals surface area contributed by atoms with E-state index in [4.69, 9.17) is 22.1 Å². The lowest BCUT2D eigenvalue weighted by Gasteiger charge is -2.12. The Bertz CT molecular complexity index is 485. The van der Waals surface area contributed by atoms with Gasteiger partial charge in [0, 0.05) is 12.1 Å². The molecule has 1 aromatic rings. The van der Waals surface area contributed by atoms with Crippen molar-refractivity contribution >= 4 is 30.3 Å². The number of hydrogen-bond acceptors (Lipinski definition) is 5. The van der Waals surface area contributed by atoms with Crippen molar-refractivity contribution in [1.82, 2.24) is 0 Å². The number of hydrogen-bond donors (Lipinski definition) is 0. The molecule has 0 saturated heterocycles. The highest BCUT2D eigenvalue weighted by Gasteiger charge is 2.24. The van der Waals surface area contributed by atoms with Gasteiger partial charge in [0.25, 0.3) is 5.70 Å². The first-order chi connectivity index (χ1) is 9.11. The van der Waals surface area contributed by atoms with Gasteiger partial charge in [-0.05, 0) is 18.8 Å². The molecular formula is C13H15NO4S. The minimum absolute atomic E-state index is 0.0177. The van der Waals surface area contributed by atoms with Crippen LogP contribution >= 0.6 is 0 Å². The highest BCUT2D eigenvalue weighted by atomic mass is 32.1. The molecule has 102 valence electrons. The number of ether oxygens (including phenoxy) is 2. The van der Waals surface area contributed by atoms with Crippen LogP contribution in [0.1, 0.15) is 13.8 Å². The zero-order valence-corrected chi connectivity index (χ0v) is 11.6.